The summed E-state index contributed by atoms with van der Waals surface area (Å²) < 4.78 is 0. The number of nitrogens with zero attached hydrogens (tertiary/aromatic N) is 4. The van der Waals surface area contributed by atoms with Crippen molar-refractivity contribution in [2.75, 3.05) is 13.1 Å². The van der Waals surface area contributed by atoms with E-state index >= 15 is 0 Å². The third kappa shape index (κ3) is 4.06. The molecule has 1 unspecified atom stereocenters. The van der Waals surface area contributed by atoms with Gasteiger partial charge in [-0.3, -0.25) is 29.6 Å². The summed E-state index contributed by atoms with van der Waals surface area (Å²) in [6.45, 7) is 6.25. The number of aromatic nitrogens is 1. The zero-order valence-corrected chi connectivity index (χ0v) is 20.5. The SMILES string of the molecule is CC1(C)CN(Cc2ccc(C#N)cc2)CC[C@@]1(O)c1ccc2c(n1)CN(C1CCC(=O)NC1=O)C2=O. The zero-order chi connectivity index (χ0) is 25.7. The van der Waals surface area contributed by atoms with Gasteiger partial charge in [-0.25, -0.2) is 0 Å². The van der Waals surface area contributed by atoms with Crippen molar-refractivity contribution in [1.82, 2.24) is 20.1 Å². The second kappa shape index (κ2) is 8.80. The van der Waals surface area contributed by atoms with E-state index in [1.165, 1.54) is 4.90 Å². The van der Waals surface area contributed by atoms with Gasteiger partial charge in [0.15, 0.2) is 0 Å². The van der Waals surface area contributed by atoms with Gasteiger partial charge in [-0.2, -0.15) is 5.26 Å². The number of carbonyl (C=O) groups is 3. The normalized spacial score (nSPS) is 25.9. The molecule has 3 aliphatic rings. The smallest absolute Gasteiger partial charge is 0.256 e. The van der Waals surface area contributed by atoms with Gasteiger partial charge in [0, 0.05) is 31.5 Å². The highest BCUT2D eigenvalue weighted by Crippen LogP contribution is 2.46. The molecule has 2 aromatic rings. The number of rotatable bonds is 4. The van der Waals surface area contributed by atoms with Gasteiger partial charge in [0.05, 0.1) is 35.1 Å². The molecule has 3 amide bonds. The number of fused-ring (bicyclic) bond motifs is 1. The Morgan fingerprint density at radius 1 is 1.17 bits per heavy atom. The Balaban J connectivity index is 1.33. The summed E-state index contributed by atoms with van der Waals surface area (Å²) in [6.07, 6.45) is 0.971. The van der Waals surface area contributed by atoms with Crippen molar-refractivity contribution in [3.8, 4) is 6.07 Å². The number of carbonyl (C=O) groups excluding carboxylic acids is 3. The summed E-state index contributed by atoms with van der Waals surface area (Å²) in [4.78, 5) is 45.4. The predicted octanol–water partition coefficient (Wildman–Crippen LogP) is 1.83. The zero-order valence-electron chi connectivity index (χ0n) is 20.5. The van der Waals surface area contributed by atoms with E-state index in [2.05, 4.69) is 16.3 Å². The minimum Gasteiger partial charge on any atom is -0.383 e. The Bertz CT molecular complexity index is 1280. The van der Waals surface area contributed by atoms with Crippen molar-refractivity contribution in [2.45, 2.75) is 57.8 Å². The number of piperidine rings is 2. The molecule has 2 N–H and O–H groups in total. The van der Waals surface area contributed by atoms with E-state index in [-0.39, 0.29) is 24.8 Å². The van der Waals surface area contributed by atoms with Crippen molar-refractivity contribution >= 4 is 17.7 Å². The average molecular weight is 488 g/mol. The first kappa shape index (κ1) is 24.1. The van der Waals surface area contributed by atoms with Crippen LogP contribution in [0, 0.1) is 16.7 Å². The molecule has 2 saturated heterocycles. The number of nitriles is 1. The molecular formula is C27H29N5O4. The summed E-state index contributed by atoms with van der Waals surface area (Å²) in [6, 6.07) is 12.4. The third-order valence-electron chi connectivity index (χ3n) is 7.81. The molecular weight excluding hydrogens is 458 g/mol. The molecule has 9 nitrogen and oxygen atoms in total. The van der Waals surface area contributed by atoms with E-state index in [4.69, 9.17) is 10.2 Å². The lowest BCUT2D eigenvalue weighted by Gasteiger charge is -2.50. The van der Waals surface area contributed by atoms with Crippen LogP contribution in [0.3, 0.4) is 0 Å². The molecule has 1 aromatic carbocycles. The summed E-state index contributed by atoms with van der Waals surface area (Å²) in [5, 5.41) is 23.2. The van der Waals surface area contributed by atoms with Crippen LogP contribution in [-0.2, 0) is 28.3 Å². The average Bonchev–Trinajstić information content (AvgIpc) is 3.17. The van der Waals surface area contributed by atoms with Crippen molar-refractivity contribution in [3.63, 3.8) is 0 Å². The number of imide groups is 1. The molecule has 36 heavy (non-hydrogen) atoms. The molecule has 2 atom stereocenters. The molecule has 4 heterocycles. The fraction of sp³-hybridized carbons (Fsp3) is 0.444. The Hall–Kier alpha value is -3.61. The van der Waals surface area contributed by atoms with Crippen LogP contribution in [0.15, 0.2) is 36.4 Å². The Kier molecular flexibility index (Phi) is 5.89. The van der Waals surface area contributed by atoms with E-state index in [1.807, 2.05) is 38.1 Å². The maximum Gasteiger partial charge on any atom is 0.256 e. The van der Waals surface area contributed by atoms with Crippen molar-refractivity contribution in [3.05, 3.63) is 64.5 Å². The number of hydrogen-bond donors (Lipinski definition) is 2. The van der Waals surface area contributed by atoms with E-state index < -0.39 is 23.0 Å². The van der Waals surface area contributed by atoms with Crippen LogP contribution in [0.5, 0.6) is 0 Å². The monoisotopic (exact) mass is 487 g/mol. The van der Waals surface area contributed by atoms with Crippen LogP contribution in [0.25, 0.3) is 0 Å². The van der Waals surface area contributed by atoms with E-state index in [9.17, 15) is 19.5 Å². The highest BCUT2D eigenvalue weighted by Gasteiger charge is 2.50. The first-order valence-corrected chi connectivity index (χ1v) is 12.2. The van der Waals surface area contributed by atoms with Crippen LogP contribution < -0.4 is 5.32 Å². The van der Waals surface area contributed by atoms with Crippen LogP contribution >= 0.6 is 0 Å². The first-order valence-electron chi connectivity index (χ1n) is 12.2. The number of likely N-dealkylation sites (tertiary alicyclic amines) is 1. The summed E-state index contributed by atoms with van der Waals surface area (Å²) in [5.74, 6) is -1.06. The van der Waals surface area contributed by atoms with Gasteiger partial charge in [-0.15, -0.1) is 0 Å². The predicted molar refractivity (Wildman–Crippen MR) is 129 cm³/mol. The molecule has 186 valence electrons. The number of aliphatic hydroxyl groups is 1. The van der Waals surface area contributed by atoms with Gasteiger partial charge in [0.2, 0.25) is 11.8 Å². The quantitative estimate of drug-likeness (QED) is 0.630. The Morgan fingerprint density at radius 2 is 1.92 bits per heavy atom. The number of nitrogens with one attached hydrogen (secondary N) is 1. The van der Waals surface area contributed by atoms with Gasteiger partial charge >= 0.3 is 0 Å². The fourth-order valence-electron chi connectivity index (χ4n) is 5.65. The second-order valence-corrected chi connectivity index (χ2v) is 10.6. The van der Waals surface area contributed by atoms with E-state index in [0.717, 1.165) is 12.1 Å². The molecule has 0 radical (unpaired) electrons. The number of pyridine rings is 1. The minimum atomic E-state index is -1.19. The number of amides is 3. The van der Waals surface area contributed by atoms with E-state index in [0.29, 0.717) is 48.4 Å². The molecule has 2 fully saturated rings. The largest absolute Gasteiger partial charge is 0.383 e. The van der Waals surface area contributed by atoms with Gasteiger partial charge in [-0.05, 0) is 42.7 Å². The van der Waals surface area contributed by atoms with Gasteiger partial charge in [0.25, 0.3) is 5.91 Å². The maximum absolute atomic E-state index is 13.0. The van der Waals surface area contributed by atoms with Crippen LogP contribution in [0.4, 0.5) is 0 Å². The second-order valence-electron chi connectivity index (χ2n) is 10.6. The Labute approximate surface area is 209 Å². The summed E-state index contributed by atoms with van der Waals surface area (Å²) >= 11 is 0. The standard InChI is InChI=1S/C27H29N5O4/c1-26(2)16-31(14-18-5-3-17(13-28)4-6-18)12-11-27(26,36)22-9-7-19-20(29-22)15-32(25(19)35)21-8-10-23(33)30-24(21)34/h3-7,9,21,36H,8,10-12,14-16H2,1-2H3,(H,30,33,34)/t21?,27-/m1/s1. The molecule has 9 heteroatoms. The van der Waals surface area contributed by atoms with Crippen molar-refractivity contribution in [2.24, 2.45) is 5.41 Å². The van der Waals surface area contributed by atoms with Crippen molar-refractivity contribution in [1.29, 1.82) is 5.26 Å². The molecule has 5 rings (SSSR count). The fourth-order valence-corrected chi connectivity index (χ4v) is 5.65. The lowest BCUT2D eigenvalue weighted by molar-refractivity contribution is -0.137. The van der Waals surface area contributed by atoms with Crippen LogP contribution in [-0.4, -0.2) is 56.7 Å². The molecule has 1 aromatic heterocycles. The Morgan fingerprint density at radius 3 is 2.58 bits per heavy atom. The third-order valence-corrected chi connectivity index (χ3v) is 7.81. The molecule has 0 spiro atoms. The minimum absolute atomic E-state index is 0.176. The highest BCUT2D eigenvalue weighted by atomic mass is 16.3. The van der Waals surface area contributed by atoms with Gasteiger partial charge in [-0.1, -0.05) is 26.0 Å². The summed E-state index contributed by atoms with van der Waals surface area (Å²) in [7, 11) is 0. The van der Waals surface area contributed by atoms with Gasteiger partial charge < -0.3 is 10.0 Å². The summed E-state index contributed by atoms with van der Waals surface area (Å²) in [5.41, 5.74) is 1.54. The molecule has 0 saturated carbocycles. The number of hydrogen-bond acceptors (Lipinski definition) is 7. The molecule has 0 aliphatic carbocycles. The number of benzene rings is 1. The lowest BCUT2D eigenvalue weighted by atomic mass is 9.68. The van der Waals surface area contributed by atoms with Gasteiger partial charge in [0.1, 0.15) is 11.6 Å². The highest BCUT2D eigenvalue weighted by molar-refractivity contribution is 6.05. The maximum atomic E-state index is 13.0. The molecule has 3 aliphatic heterocycles. The van der Waals surface area contributed by atoms with E-state index in [1.54, 1.807) is 12.1 Å². The van der Waals surface area contributed by atoms with Crippen LogP contribution in [0.2, 0.25) is 0 Å². The van der Waals surface area contributed by atoms with Crippen LogP contribution in [0.1, 0.15) is 66.0 Å². The topological polar surface area (TPSA) is 127 Å². The lowest BCUT2D eigenvalue weighted by Crippen LogP contribution is -2.55. The first-order chi connectivity index (χ1) is 17.1. The van der Waals surface area contributed by atoms with Crippen molar-refractivity contribution < 1.29 is 19.5 Å². The molecule has 0 bridgehead atoms.